The van der Waals surface area contributed by atoms with Crippen LogP contribution >= 0.6 is 34.8 Å². The fourth-order valence-electron chi connectivity index (χ4n) is 2.52. The Morgan fingerprint density at radius 1 is 1.19 bits per heavy atom. The Morgan fingerprint density at radius 2 is 1.92 bits per heavy atom. The number of rotatable bonds is 4. The lowest BCUT2D eigenvalue weighted by atomic mass is 10.1. The second-order valence-electron chi connectivity index (χ2n) is 5.42. The SMILES string of the molecule is CCOc1ccc(/C=C2\C(=O)NC(=S)N(c3ccccc3)C2=O)cc1I. The van der Waals surface area contributed by atoms with Crippen LogP contribution in [0.5, 0.6) is 5.75 Å². The number of amides is 2. The molecule has 1 aliphatic heterocycles. The third-order valence-corrected chi connectivity index (χ3v) is 4.81. The Morgan fingerprint density at radius 3 is 2.58 bits per heavy atom. The molecule has 26 heavy (non-hydrogen) atoms. The van der Waals surface area contributed by atoms with Crippen LogP contribution in [0.2, 0.25) is 0 Å². The lowest BCUT2D eigenvalue weighted by Gasteiger charge is -2.28. The van der Waals surface area contributed by atoms with Gasteiger partial charge in [0.05, 0.1) is 15.9 Å². The van der Waals surface area contributed by atoms with Crippen LogP contribution in [-0.4, -0.2) is 23.5 Å². The van der Waals surface area contributed by atoms with Crippen LogP contribution in [0, 0.1) is 3.57 Å². The Labute approximate surface area is 170 Å². The van der Waals surface area contributed by atoms with Crippen molar-refractivity contribution in [1.29, 1.82) is 0 Å². The number of halogens is 1. The number of anilines is 1. The molecular weight excluding hydrogens is 463 g/mol. The first kappa shape index (κ1) is 18.5. The number of benzene rings is 2. The molecule has 0 radical (unpaired) electrons. The molecule has 0 bridgehead atoms. The van der Waals surface area contributed by atoms with Crippen LogP contribution in [0.4, 0.5) is 5.69 Å². The van der Waals surface area contributed by atoms with E-state index in [2.05, 4.69) is 27.9 Å². The maximum absolute atomic E-state index is 12.9. The van der Waals surface area contributed by atoms with Gasteiger partial charge in [-0.25, -0.2) is 0 Å². The van der Waals surface area contributed by atoms with Crippen LogP contribution in [0.25, 0.3) is 6.08 Å². The van der Waals surface area contributed by atoms with Crippen molar-refractivity contribution in [2.75, 3.05) is 11.5 Å². The molecule has 0 saturated carbocycles. The minimum absolute atomic E-state index is 0.0300. The summed E-state index contributed by atoms with van der Waals surface area (Å²) in [5.74, 6) is -0.188. The molecule has 132 valence electrons. The minimum Gasteiger partial charge on any atom is -0.493 e. The van der Waals surface area contributed by atoms with Crippen LogP contribution in [-0.2, 0) is 9.59 Å². The summed E-state index contributed by atoms with van der Waals surface area (Å²) >= 11 is 7.34. The molecule has 3 rings (SSSR count). The number of hydrogen-bond acceptors (Lipinski definition) is 4. The fraction of sp³-hybridized carbons (Fsp3) is 0.105. The van der Waals surface area contributed by atoms with Crippen molar-refractivity contribution < 1.29 is 14.3 Å². The Bertz CT molecular complexity index is 912. The van der Waals surface area contributed by atoms with Crippen molar-refractivity contribution in [3.8, 4) is 5.75 Å². The van der Waals surface area contributed by atoms with E-state index in [0.717, 1.165) is 14.9 Å². The van der Waals surface area contributed by atoms with Gasteiger partial charge in [-0.3, -0.25) is 19.8 Å². The zero-order chi connectivity index (χ0) is 18.7. The average molecular weight is 478 g/mol. The summed E-state index contributed by atoms with van der Waals surface area (Å²) in [7, 11) is 0. The largest absolute Gasteiger partial charge is 0.493 e. The molecule has 0 aromatic heterocycles. The van der Waals surface area contributed by atoms with Gasteiger partial charge in [0, 0.05) is 0 Å². The molecule has 5 nitrogen and oxygen atoms in total. The van der Waals surface area contributed by atoms with Gasteiger partial charge in [-0.2, -0.15) is 0 Å². The molecule has 2 aromatic rings. The fourth-order valence-corrected chi connectivity index (χ4v) is 3.49. The van der Waals surface area contributed by atoms with E-state index >= 15 is 0 Å². The maximum atomic E-state index is 12.9. The van der Waals surface area contributed by atoms with Gasteiger partial charge in [0.1, 0.15) is 11.3 Å². The van der Waals surface area contributed by atoms with Gasteiger partial charge in [-0.15, -0.1) is 0 Å². The van der Waals surface area contributed by atoms with Crippen LogP contribution in [0.1, 0.15) is 12.5 Å². The molecule has 1 saturated heterocycles. The Hall–Kier alpha value is -2.26. The van der Waals surface area contributed by atoms with Crippen LogP contribution < -0.4 is 15.0 Å². The summed E-state index contributed by atoms with van der Waals surface area (Å²) in [5, 5.41) is 2.65. The topological polar surface area (TPSA) is 58.6 Å². The van der Waals surface area contributed by atoms with Gasteiger partial charge in [-0.05, 0) is 77.6 Å². The second kappa shape index (κ2) is 7.96. The molecule has 1 fully saturated rings. The summed E-state index contributed by atoms with van der Waals surface area (Å²) < 4.78 is 6.41. The number of nitrogens with one attached hydrogen (secondary N) is 1. The standard InChI is InChI=1S/C19H15IN2O3S/c1-2-25-16-9-8-12(11-15(16)20)10-14-17(23)21-19(26)22(18(14)24)13-6-4-3-5-7-13/h3-11H,2H2,1H3,(H,21,23,26)/b14-10+. The molecule has 1 aliphatic rings. The van der Waals surface area contributed by atoms with Crippen molar-refractivity contribution in [2.45, 2.75) is 6.92 Å². The summed E-state index contributed by atoms with van der Waals surface area (Å²) in [6, 6.07) is 14.5. The summed E-state index contributed by atoms with van der Waals surface area (Å²) in [5.41, 5.74) is 1.37. The maximum Gasteiger partial charge on any atom is 0.270 e. The van der Waals surface area contributed by atoms with E-state index < -0.39 is 11.8 Å². The highest BCUT2D eigenvalue weighted by atomic mass is 127. The molecule has 2 aromatic carbocycles. The van der Waals surface area contributed by atoms with Gasteiger partial charge in [-0.1, -0.05) is 24.3 Å². The number of carbonyl (C=O) groups is 2. The van der Waals surface area contributed by atoms with Crippen molar-refractivity contribution in [1.82, 2.24) is 5.32 Å². The van der Waals surface area contributed by atoms with Crippen molar-refractivity contribution in [3.63, 3.8) is 0 Å². The van der Waals surface area contributed by atoms with Crippen molar-refractivity contribution in [3.05, 3.63) is 63.2 Å². The third kappa shape index (κ3) is 3.78. The minimum atomic E-state index is -0.504. The van der Waals surface area contributed by atoms with Gasteiger partial charge < -0.3 is 4.74 Å². The molecular formula is C19H15IN2O3S. The van der Waals surface area contributed by atoms with E-state index in [1.807, 2.05) is 25.1 Å². The van der Waals surface area contributed by atoms with Crippen molar-refractivity contribution >= 4 is 63.5 Å². The zero-order valence-corrected chi connectivity index (χ0v) is 16.8. The Balaban J connectivity index is 1.97. The van der Waals surface area contributed by atoms with E-state index in [4.69, 9.17) is 17.0 Å². The predicted molar refractivity (Wildman–Crippen MR) is 113 cm³/mol. The lowest BCUT2D eigenvalue weighted by Crippen LogP contribution is -2.54. The predicted octanol–water partition coefficient (Wildman–Crippen LogP) is 3.52. The second-order valence-corrected chi connectivity index (χ2v) is 6.97. The van der Waals surface area contributed by atoms with E-state index in [-0.39, 0.29) is 10.7 Å². The summed E-state index contributed by atoms with van der Waals surface area (Å²) in [4.78, 5) is 26.5. The zero-order valence-electron chi connectivity index (χ0n) is 13.9. The van der Waals surface area contributed by atoms with E-state index in [9.17, 15) is 9.59 Å². The van der Waals surface area contributed by atoms with Gasteiger partial charge >= 0.3 is 0 Å². The quantitative estimate of drug-likeness (QED) is 0.316. The molecule has 1 N–H and O–H groups in total. The molecule has 1 heterocycles. The number of ether oxygens (including phenoxy) is 1. The number of para-hydroxylation sites is 1. The van der Waals surface area contributed by atoms with Gasteiger partial charge in [0.15, 0.2) is 5.11 Å². The first-order valence-corrected chi connectivity index (χ1v) is 9.39. The molecule has 2 amide bonds. The third-order valence-electron chi connectivity index (χ3n) is 3.68. The smallest absolute Gasteiger partial charge is 0.270 e. The monoisotopic (exact) mass is 478 g/mol. The van der Waals surface area contributed by atoms with Crippen molar-refractivity contribution in [2.24, 2.45) is 0 Å². The van der Waals surface area contributed by atoms with Gasteiger partial charge in [0.25, 0.3) is 11.8 Å². The van der Waals surface area contributed by atoms with E-state index in [0.29, 0.717) is 12.3 Å². The summed E-state index contributed by atoms with van der Waals surface area (Å²) in [6.45, 7) is 2.48. The number of thiocarbonyl (C=S) groups is 1. The highest BCUT2D eigenvalue weighted by molar-refractivity contribution is 14.1. The molecule has 0 unspecified atom stereocenters. The summed E-state index contributed by atoms with van der Waals surface area (Å²) in [6.07, 6.45) is 1.56. The van der Waals surface area contributed by atoms with E-state index in [1.165, 1.54) is 4.90 Å². The molecule has 0 aliphatic carbocycles. The average Bonchev–Trinajstić information content (AvgIpc) is 2.62. The number of hydrogen-bond donors (Lipinski definition) is 1. The van der Waals surface area contributed by atoms with E-state index in [1.54, 1.807) is 36.4 Å². The highest BCUT2D eigenvalue weighted by Gasteiger charge is 2.34. The van der Waals surface area contributed by atoms with Crippen LogP contribution in [0.15, 0.2) is 54.1 Å². The van der Waals surface area contributed by atoms with Crippen LogP contribution in [0.3, 0.4) is 0 Å². The molecule has 7 heteroatoms. The normalized spacial score (nSPS) is 16.0. The molecule has 0 atom stereocenters. The number of carbonyl (C=O) groups excluding carboxylic acids is 2. The first-order chi connectivity index (χ1) is 12.5. The Kier molecular flexibility index (Phi) is 5.67. The lowest BCUT2D eigenvalue weighted by molar-refractivity contribution is -0.122. The molecule has 0 spiro atoms. The number of nitrogens with zero attached hydrogens (tertiary/aromatic N) is 1. The highest BCUT2D eigenvalue weighted by Crippen LogP contribution is 2.25. The first-order valence-electron chi connectivity index (χ1n) is 7.90. The van der Waals surface area contributed by atoms with Gasteiger partial charge in [0.2, 0.25) is 0 Å².